The van der Waals surface area contributed by atoms with Crippen molar-refractivity contribution in [3.63, 3.8) is 0 Å². The van der Waals surface area contributed by atoms with E-state index in [1.54, 1.807) is 43.4 Å². The highest BCUT2D eigenvalue weighted by Crippen LogP contribution is 2.36. The molecular weight excluding hydrogens is 294 g/mol. The van der Waals surface area contributed by atoms with Crippen LogP contribution in [-0.4, -0.2) is 19.1 Å². The summed E-state index contributed by atoms with van der Waals surface area (Å²) in [6.07, 6.45) is 0. The highest BCUT2D eigenvalue weighted by molar-refractivity contribution is 6.32. The van der Waals surface area contributed by atoms with Gasteiger partial charge < -0.3 is 15.4 Å². The Bertz CT molecular complexity index is 677. The van der Waals surface area contributed by atoms with Gasteiger partial charge in [-0.2, -0.15) is 0 Å². The fourth-order valence-electron chi connectivity index (χ4n) is 1.94. The van der Waals surface area contributed by atoms with Gasteiger partial charge in [0.2, 0.25) is 0 Å². The summed E-state index contributed by atoms with van der Waals surface area (Å²) in [5, 5.41) is 17.5. The smallest absolute Gasteiger partial charge is 0.315 e. The van der Waals surface area contributed by atoms with Crippen LogP contribution in [0, 0.1) is 10.1 Å². The second kappa shape index (κ2) is 6.32. The first-order valence-electron chi connectivity index (χ1n) is 6.12. The Labute approximate surface area is 126 Å². The monoisotopic (exact) mass is 307 g/mol. The number of nitro groups is 1. The van der Waals surface area contributed by atoms with Crippen LogP contribution in [0.25, 0.3) is 0 Å². The highest BCUT2D eigenvalue weighted by Gasteiger charge is 2.19. The lowest BCUT2D eigenvalue weighted by molar-refractivity contribution is -0.383. The summed E-state index contributed by atoms with van der Waals surface area (Å²) >= 11 is 6.05. The lowest BCUT2D eigenvalue weighted by atomic mass is 10.2. The summed E-state index contributed by atoms with van der Waals surface area (Å²) in [6.45, 7) is 0. The third kappa shape index (κ3) is 3.17. The van der Waals surface area contributed by atoms with Gasteiger partial charge in [-0.1, -0.05) is 17.7 Å². The van der Waals surface area contributed by atoms with E-state index in [1.807, 2.05) is 0 Å². The van der Waals surface area contributed by atoms with E-state index in [2.05, 4.69) is 10.6 Å². The second-order valence-corrected chi connectivity index (χ2v) is 4.59. The van der Waals surface area contributed by atoms with Crippen molar-refractivity contribution in [2.45, 2.75) is 0 Å². The maximum Gasteiger partial charge on any atom is 0.315 e. The molecule has 7 heteroatoms. The van der Waals surface area contributed by atoms with Gasteiger partial charge in [0.25, 0.3) is 0 Å². The molecule has 2 aromatic rings. The number of rotatable bonds is 5. The number of hydrogen-bond donors (Lipinski definition) is 2. The average Bonchev–Trinajstić information content (AvgIpc) is 2.46. The summed E-state index contributed by atoms with van der Waals surface area (Å²) in [7, 11) is 3.16. The SMILES string of the molecule is CNc1cccc(Nc2ccc(OC)c(Cl)c2)c1[N+](=O)[O-]. The van der Waals surface area contributed by atoms with Crippen LogP contribution in [0.3, 0.4) is 0 Å². The van der Waals surface area contributed by atoms with Crippen molar-refractivity contribution in [1.29, 1.82) is 0 Å². The number of ether oxygens (including phenoxy) is 1. The zero-order chi connectivity index (χ0) is 15.4. The fourth-order valence-corrected chi connectivity index (χ4v) is 2.20. The lowest BCUT2D eigenvalue weighted by Gasteiger charge is -2.11. The molecule has 0 saturated carbocycles. The van der Waals surface area contributed by atoms with Crippen molar-refractivity contribution in [2.75, 3.05) is 24.8 Å². The lowest BCUT2D eigenvalue weighted by Crippen LogP contribution is -2.01. The largest absolute Gasteiger partial charge is 0.495 e. The number of para-hydroxylation sites is 1. The van der Waals surface area contributed by atoms with E-state index in [0.29, 0.717) is 27.8 Å². The Balaban J connectivity index is 2.40. The predicted molar refractivity (Wildman–Crippen MR) is 83.9 cm³/mol. The van der Waals surface area contributed by atoms with E-state index in [-0.39, 0.29) is 5.69 Å². The summed E-state index contributed by atoms with van der Waals surface area (Å²) in [5.74, 6) is 0.542. The molecule has 0 amide bonds. The van der Waals surface area contributed by atoms with Gasteiger partial charge in [0, 0.05) is 12.7 Å². The molecule has 0 spiro atoms. The predicted octanol–water partition coefficient (Wildman–Crippen LogP) is 4.04. The van der Waals surface area contributed by atoms with Gasteiger partial charge in [0.15, 0.2) is 0 Å². The Hall–Kier alpha value is -2.47. The quantitative estimate of drug-likeness (QED) is 0.644. The second-order valence-electron chi connectivity index (χ2n) is 4.18. The molecule has 0 aliphatic rings. The Morgan fingerprint density at radius 3 is 2.52 bits per heavy atom. The first-order chi connectivity index (χ1) is 10.1. The van der Waals surface area contributed by atoms with Crippen molar-refractivity contribution in [2.24, 2.45) is 0 Å². The Kier molecular flexibility index (Phi) is 4.49. The van der Waals surface area contributed by atoms with Crippen LogP contribution in [0.15, 0.2) is 36.4 Å². The molecule has 0 aliphatic heterocycles. The van der Waals surface area contributed by atoms with Crippen molar-refractivity contribution in [3.8, 4) is 5.75 Å². The van der Waals surface area contributed by atoms with E-state index in [9.17, 15) is 10.1 Å². The molecule has 0 bridgehead atoms. The van der Waals surface area contributed by atoms with Gasteiger partial charge in [-0.25, -0.2) is 0 Å². The van der Waals surface area contributed by atoms with Gasteiger partial charge in [0.1, 0.15) is 17.1 Å². The zero-order valence-corrected chi connectivity index (χ0v) is 12.3. The Morgan fingerprint density at radius 1 is 1.24 bits per heavy atom. The standard InChI is InChI=1S/C14H14ClN3O3/c1-16-11-4-3-5-12(14(11)18(19)20)17-9-6-7-13(21-2)10(15)8-9/h3-8,16-17H,1-2H3. The molecule has 0 saturated heterocycles. The molecule has 0 fully saturated rings. The molecule has 2 N–H and O–H groups in total. The molecule has 0 radical (unpaired) electrons. The fraction of sp³-hybridized carbons (Fsp3) is 0.143. The Morgan fingerprint density at radius 2 is 1.95 bits per heavy atom. The summed E-state index contributed by atoms with van der Waals surface area (Å²) in [6, 6.07) is 10.1. The van der Waals surface area contributed by atoms with E-state index in [4.69, 9.17) is 16.3 Å². The highest BCUT2D eigenvalue weighted by atomic mass is 35.5. The van der Waals surface area contributed by atoms with Crippen LogP contribution in [0.2, 0.25) is 5.02 Å². The van der Waals surface area contributed by atoms with E-state index >= 15 is 0 Å². The topological polar surface area (TPSA) is 76.4 Å². The van der Waals surface area contributed by atoms with Crippen LogP contribution in [0.1, 0.15) is 0 Å². The number of methoxy groups -OCH3 is 1. The summed E-state index contributed by atoms with van der Waals surface area (Å²) < 4.78 is 5.07. The van der Waals surface area contributed by atoms with Crippen LogP contribution in [0.5, 0.6) is 5.75 Å². The zero-order valence-electron chi connectivity index (χ0n) is 11.5. The minimum atomic E-state index is -0.431. The van der Waals surface area contributed by atoms with Crippen LogP contribution in [0.4, 0.5) is 22.7 Å². The average molecular weight is 308 g/mol. The number of anilines is 3. The first-order valence-corrected chi connectivity index (χ1v) is 6.50. The number of nitrogens with zero attached hydrogens (tertiary/aromatic N) is 1. The van der Waals surface area contributed by atoms with Gasteiger partial charge >= 0.3 is 5.69 Å². The third-order valence-electron chi connectivity index (χ3n) is 2.92. The number of hydrogen-bond acceptors (Lipinski definition) is 5. The normalized spacial score (nSPS) is 10.0. The number of nitro benzene ring substituents is 1. The van der Waals surface area contributed by atoms with E-state index in [0.717, 1.165) is 0 Å². The first kappa shape index (κ1) is 14.9. The number of nitrogens with one attached hydrogen (secondary N) is 2. The van der Waals surface area contributed by atoms with Gasteiger partial charge in [-0.15, -0.1) is 0 Å². The van der Waals surface area contributed by atoms with E-state index in [1.165, 1.54) is 7.11 Å². The molecule has 0 unspecified atom stereocenters. The van der Waals surface area contributed by atoms with Crippen molar-refractivity contribution >= 4 is 34.4 Å². The summed E-state index contributed by atoms with van der Waals surface area (Å²) in [4.78, 5) is 10.8. The van der Waals surface area contributed by atoms with Gasteiger partial charge in [-0.3, -0.25) is 10.1 Å². The number of halogens is 1. The minimum absolute atomic E-state index is 0.0214. The van der Waals surface area contributed by atoms with Crippen molar-refractivity contribution < 1.29 is 9.66 Å². The molecule has 2 rings (SSSR count). The molecule has 21 heavy (non-hydrogen) atoms. The van der Waals surface area contributed by atoms with Crippen molar-refractivity contribution in [1.82, 2.24) is 0 Å². The van der Waals surface area contributed by atoms with Gasteiger partial charge in [-0.05, 0) is 30.3 Å². The molecular formula is C14H14ClN3O3. The third-order valence-corrected chi connectivity index (χ3v) is 3.21. The molecule has 0 heterocycles. The molecule has 6 nitrogen and oxygen atoms in total. The van der Waals surface area contributed by atoms with Crippen LogP contribution < -0.4 is 15.4 Å². The van der Waals surface area contributed by atoms with Crippen molar-refractivity contribution in [3.05, 3.63) is 51.5 Å². The molecule has 0 atom stereocenters. The van der Waals surface area contributed by atoms with Crippen LogP contribution >= 0.6 is 11.6 Å². The summed E-state index contributed by atoms with van der Waals surface area (Å²) in [5.41, 5.74) is 1.43. The van der Waals surface area contributed by atoms with E-state index < -0.39 is 4.92 Å². The minimum Gasteiger partial charge on any atom is -0.495 e. The molecule has 0 aliphatic carbocycles. The molecule has 110 valence electrons. The van der Waals surface area contributed by atoms with Crippen LogP contribution in [-0.2, 0) is 0 Å². The maximum atomic E-state index is 11.2. The molecule has 0 aromatic heterocycles. The number of benzene rings is 2. The van der Waals surface area contributed by atoms with Gasteiger partial charge in [0.05, 0.1) is 17.1 Å². The maximum absolute atomic E-state index is 11.2. The molecule has 2 aromatic carbocycles.